The molecule has 0 aliphatic heterocycles. The summed E-state index contributed by atoms with van der Waals surface area (Å²) in [7, 11) is 0. The first-order valence-corrected chi connectivity index (χ1v) is 14.8. The number of non-ortho nitro benzene ring substituents is 2. The molecule has 0 spiro atoms. The van der Waals surface area contributed by atoms with E-state index in [1.165, 1.54) is 39.8 Å². The van der Waals surface area contributed by atoms with Gasteiger partial charge in [-0.1, -0.05) is 34.7 Å². The maximum Gasteiger partial charge on any atom is 0.408 e. The zero-order valence-corrected chi connectivity index (χ0v) is 26.8. The average molecular weight is 680 g/mol. The van der Waals surface area contributed by atoms with E-state index in [9.17, 15) is 34.6 Å². The lowest BCUT2D eigenvalue weighted by Crippen LogP contribution is -2.44. The highest BCUT2D eigenvalue weighted by molar-refractivity contribution is 5.82. The molecule has 2 heterocycles. The van der Waals surface area contributed by atoms with Gasteiger partial charge in [0, 0.05) is 30.7 Å². The number of aromatic nitrogens is 6. The molecule has 0 aliphatic rings. The van der Waals surface area contributed by atoms with Crippen molar-refractivity contribution >= 4 is 29.4 Å². The molecule has 0 saturated heterocycles. The highest BCUT2D eigenvalue weighted by atomic mass is 16.6. The third-order valence-electron chi connectivity index (χ3n) is 6.51. The molecule has 49 heavy (non-hydrogen) atoms. The van der Waals surface area contributed by atoms with Crippen LogP contribution in [0.15, 0.2) is 60.9 Å². The van der Waals surface area contributed by atoms with Crippen molar-refractivity contribution in [2.45, 2.75) is 71.6 Å². The molecular formula is C30H33N9O10. The number of ether oxygens (including phenoxy) is 3. The molecule has 0 radical (unpaired) electrons. The van der Waals surface area contributed by atoms with E-state index >= 15 is 0 Å². The smallest absolute Gasteiger partial charge is 0.408 e. The molecule has 0 saturated carbocycles. The molecule has 19 heteroatoms. The van der Waals surface area contributed by atoms with Gasteiger partial charge in [0.2, 0.25) is 0 Å². The van der Waals surface area contributed by atoms with Crippen molar-refractivity contribution in [2.75, 3.05) is 0 Å². The van der Waals surface area contributed by atoms with E-state index < -0.39 is 39.5 Å². The lowest BCUT2D eigenvalue weighted by atomic mass is 10.1. The van der Waals surface area contributed by atoms with Crippen LogP contribution in [0.2, 0.25) is 0 Å². The number of rotatable bonds is 15. The lowest BCUT2D eigenvalue weighted by molar-refractivity contribution is -0.385. The Morgan fingerprint density at radius 1 is 0.796 bits per heavy atom. The summed E-state index contributed by atoms with van der Waals surface area (Å²) in [5.74, 6) is -1.53. The van der Waals surface area contributed by atoms with Crippen LogP contribution in [-0.4, -0.2) is 69.5 Å². The number of nitro groups is 2. The quantitative estimate of drug-likeness (QED) is 0.0821. The Kier molecular flexibility index (Phi) is 11.6. The first-order valence-electron chi connectivity index (χ1n) is 14.8. The zero-order valence-electron chi connectivity index (χ0n) is 26.8. The predicted molar refractivity (Wildman–Crippen MR) is 166 cm³/mol. The van der Waals surface area contributed by atoms with Gasteiger partial charge in [-0.15, -0.1) is 10.2 Å². The molecule has 19 nitrogen and oxygen atoms in total. The molecule has 4 rings (SSSR count). The number of carbonyl (C=O) groups excluding carboxylic acids is 3. The van der Waals surface area contributed by atoms with Crippen molar-refractivity contribution < 1.29 is 38.4 Å². The fraction of sp³-hybridized carbons (Fsp3) is 0.367. The molecule has 258 valence electrons. The molecule has 0 bridgehead atoms. The van der Waals surface area contributed by atoms with E-state index in [0.29, 0.717) is 11.4 Å². The summed E-state index contributed by atoms with van der Waals surface area (Å²) in [4.78, 5) is 58.7. The van der Waals surface area contributed by atoms with E-state index in [1.54, 1.807) is 51.2 Å². The van der Waals surface area contributed by atoms with Crippen LogP contribution in [0, 0.1) is 20.2 Å². The number of nitrogens with zero attached hydrogens (tertiary/aromatic N) is 8. The lowest BCUT2D eigenvalue weighted by Gasteiger charge is -2.22. The minimum Gasteiger partial charge on any atom is -0.459 e. The Hall–Kier alpha value is -6.27. The van der Waals surface area contributed by atoms with Gasteiger partial charge in [0.05, 0.1) is 35.3 Å². The van der Waals surface area contributed by atoms with Gasteiger partial charge in [0.15, 0.2) is 0 Å². The van der Waals surface area contributed by atoms with Crippen LogP contribution in [0.3, 0.4) is 0 Å². The summed E-state index contributed by atoms with van der Waals surface area (Å²) < 4.78 is 18.8. The largest absolute Gasteiger partial charge is 0.459 e. The van der Waals surface area contributed by atoms with Crippen molar-refractivity contribution in [2.24, 2.45) is 0 Å². The standard InChI is InChI=1S/C30H33N9O10/c1-30(2,3)49-29(42)31-26(28(41)48-19-23-17-37(35-33-23)15-21-6-10-25(11-7-21)39(45)46)12-13-27(40)47-18-22-16-36(34-32-22)14-20-4-8-24(9-5-20)38(43)44/h4-11,16-17,26H,12-15,18-19H2,1-3H3,(H,31,42)/t26-/m0/s1. The second-order valence-corrected chi connectivity index (χ2v) is 11.7. The number of esters is 2. The molecule has 4 aromatic rings. The molecule has 0 unspecified atom stereocenters. The highest BCUT2D eigenvalue weighted by Crippen LogP contribution is 2.15. The summed E-state index contributed by atoms with van der Waals surface area (Å²) in [5, 5.41) is 40.0. The maximum atomic E-state index is 13.0. The Bertz CT molecular complexity index is 1780. The van der Waals surface area contributed by atoms with Gasteiger partial charge in [0.1, 0.15) is 36.2 Å². The highest BCUT2D eigenvalue weighted by Gasteiger charge is 2.27. The van der Waals surface area contributed by atoms with Gasteiger partial charge in [-0.25, -0.2) is 19.0 Å². The van der Waals surface area contributed by atoms with Crippen LogP contribution >= 0.6 is 0 Å². The second kappa shape index (κ2) is 16.0. The van der Waals surface area contributed by atoms with Crippen LogP contribution < -0.4 is 5.32 Å². The second-order valence-electron chi connectivity index (χ2n) is 11.7. The van der Waals surface area contributed by atoms with Crippen molar-refractivity contribution in [1.29, 1.82) is 0 Å². The first-order chi connectivity index (χ1) is 23.2. The topological polar surface area (TPSA) is 239 Å². The monoisotopic (exact) mass is 679 g/mol. The summed E-state index contributed by atoms with van der Waals surface area (Å²) in [6, 6.07) is 10.6. The number of carbonyl (C=O) groups is 3. The van der Waals surface area contributed by atoms with Gasteiger partial charge >= 0.3 is 18.0 Å². The Morgan fingerprint density at radius 3 is 1.71 bits per heavy atom. The van der Waals surface area contributed by atoms with Crippen molar-refractivity contribution in [3.05, 3.63) is 104 Å². The van der Waals surface area contributed by atoms with E-state index in [4.69, 9.17) is 14.2 Å². The molecule has 1 amide bonds. The van der Waals surface area contributed by atoms with Crippen molar-refractivity contribution in [3.63, 3.8) is 0 Å². The molecule has 1 N–H and O–H groups in total. The van der Waals surface area contributed by atoms with E-state index in [2.05, 4.69) is 25.9 Å². The van der Waals surface area contributed by atoms with Crippen LogP contribution in [0.4, 0.5) is 16.2 Å². The summed E-state index contributed by atoms with van der Waals surface area (Å²) in [6.07, 6.45) is 1.77. The zero-order chi connectivity index (χ0) is 35.6. The number of amides is 1. The number of nitro benzene ring substituents is 2. The van der Waals surface area contributed by atoms with Gasteiger partial charge in [-0.05, 0) is 38.3 Å². The summed E-state index contributed by atoms with van der Waals surface area (Å²) in [6.45, 7) is 5.02. The summed E-state index contributed by atoms with van der Waals surface area (Å²) in [5.41, 5.74) is 1.21. The van der Waals surface area contributed by atoms with Gasteiger partial charge < -0.3 is 19.5 Å². The van der Waals surface area contributed by atoms with Crippen molar-refractivity contribution in [1.82, 2.24) is 35.3 Å². The van der Waals surface area contributed by atoms with Crippen LogP contribution in [0.1, 0.15) is 56.1 Å². The Labute approximate surface area is 278 Å². The Morgan fingerprint density at radius 2 is 1.27 bits per heavy atom. The SMILES string of the molecule is CC(C)(C)OC(=O)N[C@@H](CCC(=O)OCc1cn(Cc2ccc([N+](=O)[O-])cc2)nn1)C(=O)OCc1cn(Cc2ccc([N+](=O)[O-])cc2)nn1. The fourth-order valence-electron chi connectivity index (χ4n) is 4.22. The predicted octanol–water partition coefficient (Wildman–Crippen LogP) is 3.24. The van der Waals surface area contributed by atoms with Gasteiger partial charge in [-0.2, -0.15) is 0 Å². The third-order valence-corrected chi connectivity index (χ3v) is 6.51. The normalized spacial score (nSPS) is 11.7. The van der Waals surface area contributed by atoms with Gasteiger partial charge in [0.25, 0.3) is 11.4 Å². The van der Waals surface area contributed by atoms with E-state index in [1.807, 2.05) is 0 Å². The van der Waals surface area contributed by atoms with E-state index in [0.717, 1.165) is 11.1 Å². The van der Waals surface area contributed by atoms with Gasteiger partial charge in [-0.3, -0.25) is 25.0 Å². The number of hydrogen-bond donors (Lipinski definition) is 1. The minimum absolute atomic E-state index is 0.0329. The number of alkyl carbamates (subject to hydrolysis) is 1. The average Bonchev–Trinajstić information content (AvgIpc) is 3.69. The number of nitrogens with one attached hydrogen (secondary N) is 1. The molecule has 0 aliphatic carbocycles. The molecule has 2 aromatic carbocycles. The third kappa shape index (κ3) is 11.5. The molecule has 1 atom stereocenters. The number of benzene rings is 2. The molecular weight excluding hydrogens is 646 g/mol. The minimum atomic E-state index is -1.26. The Balaban J connectivity index is 1.28. The number of hydrogen-bond acceptors (Lipinski definition) is 14. The van der Waals surface area contributed by atoms with Crippen molar-refractivity contribution in [3.8, 4) is 0 Å². The molecule has 2 aromatic heterocycles. The van der Waals surface area contributed by atoms with Crippen LogP contribution in [0.25, 0.3) is 0 Å². The fourth-order valence-corrected chi connectivity index (χ4v) is 4.22. The molecule has 0 fully saturated rings. The van der Waals surface area contributed by atoms with E-state index in [-0.39, 0.29) is 50.5 Å². The van der Waals surface area contributed by atoms with Crippen LogP contribution in [0.5, 0.6) is 0 Å². The summed E-state index contributed by atoms with van der Waals surface area (Å²) >= 11 is 0. The van der Waals surface area contributed by atoms with Crippen LogP contribution in [-0.2, 0) is 50.1 Å². The first kappa shape index (κ1) is 35.6. The maximum absolute atomic E-state index is 13.0.